The zero-order valence-electron chi connectivity index (χ0n) is 9.30. The molecule has 0 saturated carbocycles. The monoisotopic (exact) mass is 296 g/mol. The van der Waals surface area contributed by atoms with Gasteiger partial charge in [-0.2, -0.15) is 0 Å². The minimum Gasteiger partial charge on any atom is -0.322 e. The number of hydrogen-bond donors (Lipinski definition) is 0. The van der Waals surface area contributed by atoms with Gasteiger partial charge in [-0.1, -0.05) is 22.0 Å². The predicted octanol–water partition coefficient (Wildman–Crippen LogP) is 2.28. The average molecular weight is 297 g/mol. The first-order valence-corrected chi connectivity index (χ1v) is 6.27. The van der Waals surface area contributed by atoms with Crippen molar-refractivity contribution in [3.63, 3.8) is 0 Å². The highest BCUT2D eigenvalue weighted by Crippen LogP contribution is 2.23. The molecule has 0 spiro atoms. The first kappa shape index (κ1) is 12.1. The number of carbonyl (C=O) groups is 2. The number of halogens is 1. The third-order valence-corrected chi connectivity index (χ3v) is 3.22. The van der Waals surface area contributed by atoms with Gasteiger partial charge in [-0.15, -0.1) is 0 Å². The molecule has 0 bridgehead atoms. The minimum absolute atomic E-state index is 0.0232. The van der Waals surface area contributed by atoms with E-state index < -0.39 is 0 Å². The van der Waals surface area contributed by atoms with Gasteiger partial charge in [0.25, 0.3) is 0 Å². The van der Waals surface area contributed by atoms with Crippen molar-refractivity contribution in [2.75, 3.05) is 24.5 Å². The van der Waals surface area contributed by atoms with E-state index in [2.05, 4.69) is 15.9 Å². The van der Waals surface area contributed by atoms with Crippen LogP contribution < -0.4 is 4.90 Å². The lowest BCUT2D eigenvalue weighted by Crippen LogP contribution is -2.32. The summed E-state index contributed by atoms with van der Waals surface area (Å²) >= 11 is 3.39. The Morgan fingerprint density at radius 2 is 2.18 bits per heavy atom. The molecule has 1 heterocycles. The predicted molar refractivity (Wildman–Crippen MR) is 69.1 cm³/mol. The molecule has 1 aliphatic heterocycles. The fourth-order valence-electron chi connectivity index (χ4n) is 1.88. The second kappa shape index (κ2) is 5.31. The van der Waals surface area contributed by atoms with Crippen LogP contribution in [-0.2, 0) is 4.79 Å². The molecule has 0 radical (unpaired) electrons. The van der Waals surface area contributed by atoms with Crippen LogP contribution in [-0.4, -0.2) is 36.9 Å². The average Bonchev–Trinajstić information content (AvgIpc) is 2.68. The second-order valence-electron chi connectivity index (χ2n) is 3.86. The quantitative estimate of drug-likeness (QED) is 0.800. The third-order valence-electron chi connectivity index (χ3n) is 2.73. The lowest BCUT2D eigenvalue weighted by Gasteiger charge is -2.18. The Morgan fingerprint density at radius 1 is 1.35 bits per heavy atom. The fourth-order valence-corrected chi connectivity index (χ4v) is 2.27. The molecule has 1 fully saturated rings. The van der Waals surface area contributed by atoms with E-state index in [0.717, 1.165) is 16.4 Å². The summed E-state index contributed by atoms with van der Waals surface area (Å²) in [5.74, 6) is 0. The number of anilines is 1. The summed E-state index contributed by atoms with van der Waals surface area (Å²) in [6.07, 6.45) is 1.24. The molecule has 1 aromatic carbocycles. The highest BCUT2D eigenvalue weighted by atomic mass is 79.9. The summed E-state index contributed by atoms with van der Waals surface area (Å²) in [6.45, 7) is 1.86. The molecule has 1 aromatic rings. The van der Waals surface area contributed by atoms with E-state index in [1.54, 1.807) is 9.80 Å². The van der Waals surface area contributed by atoms with Crippen LogP contribution in [0.15, 0.2) is 28.7 Å². The highest BCUT2D eigenvalue weighted by molar-refractivity contribution is 9.10. The number of rotatable bonds is 4. The Labute approximate surface area is 108 Å². The smallest absolute Gasteiger partial charge is 0.322 e. The van der Waals surface area contributed by atoms with Gasteiger partial charge in [0.2, 0.25) is 0 Å². The van der Waals surface area contributed by atoms with Crippen LogP contribution >= 0.6 is 15.9 Å². The number of urea groups is 1. The van der Waals surface area contributed by atoms with Gasteiger partial charge in [-0.3, -0.25) is 4.90 Å². The number of carbonyl (C=O) groups excluding carboxylic acids is 2. The molecule has 4 nitrogen and oxygen atoms in total. The summed E-state index contributed by atoms with van der Waals surface area (Å²) in [5.41, 5.74) is 0.887. The summed E-state index contributed by atoms with van der Waals surface area (Å²) < 4.78 is 0.953. The molecule has 0 aromatic heterocycles. The summed E-state index contributed by atoms with van der Waals surface area (Å²) in [6, 6.07) is 7.63. The van der Waals surface area contributed by atoms with Crippen molar-refractivity contribution in [3.05, 3.63) is 28.7 Å². The van der Waals surface area contributed by atoms with Gasteiger partial charge in [0.15, 0.2) is 0 Å². The number of nitrogens with zero attached hydrogens (tertiary/aromatic N) is 2. The molecule has 0 unspecified atom stereocenters. The van der Waals surface area contributed by atoms with E-state index in [1.165, 1.54) is 0 Å². The van der Waals surface area contributed by atoms with E-state index >= 15 is 0 Å². The molecule has 0 atom stereocenters. The standard InChI is InChI=1S/C12H13BrN2O2/c13-10-3-1-4-11(9-10)15-7-6-14(12(15)17)5-2-8-16/h1,3-4,8-9H,2,5-7H2. The van der Waals surface area contributed by atoms with Gasteiger partial charge in [0.1, 0.15) is 6.29 Å². The lowest BCUT2D eigenvalue weighted by molar-refractivity contribution is -0.108. The summed E-state index contributed by atoms with van der Waals surface area (Å²) in [5, 5.41) is 0. The number of hydrogen-bond acceptors (Lipinski definition) is 2. The van der Waals surface area contributed by atoms with E-state index in [1.807, 2.05) is 24.3 Å². The van der Waals surface area contributed by atoms with Gasteiger partial charge < -0.3 is 9.69 Å². The molecule has 0 N–H and O–H groups in total. The van der Waals surface area contributed by atoms with Crippen molar-refractivity contribution >= 4 is 33.9 Å². The van der Waals surface area contributed by atoms with Gasteiger partial charge in [0.05, 0.1) is 0 Å². The van der Waals surface area contributed by atoms with Crippen LogP contribution in [0.1, 0.15) is 6.42 Å². The molecule has 0 aliphatic carbocycles. The van der Waals surface area contributed by atoms with E-state index in [0.29, 0.717) is 26.1 Å². The Kier molecular flexibility index (Phi) is 3.78. The molecule has 1 aliphatic rings. The summed E-state index contributed by atoms with van der Waals surface area (Å²) in [7, 11) is 0. The van der Waals surface area contributed by atoms with Crippen LogP contribution in [0.4, 0.5) is 10.5 Å². The molecular formula is C12H13BrN2O2. The fraction of sp³-hybridized carbons (Fsp3) is 0.333. The molecule has 17 heavy (non-hydrogen) atoms. The van der Waals surface area contributed by atoms with Crippen molar-refractivity contribution in [3.8, 4) is 0 Å². The molecular weight excluding hydrogens is 284 g/mol. The van der Waals surface area contributed by atoms with Crippen LogP contribution in [0.5, 0.6) is 0 Å². The van der Waals surface area contributed by atoms with E-state index in [9.17, 15) is 9.59 Å². The normalized spacial score (nSPS) is 15.5. The molecule has 5 heteroatoms. The second-order valence-corrected chi connectivity index (χ2v) is 4.77. The third kappa shape index (κ3) is 2.66. The molecule has 2 rings (SSSR count). The largest absolute Gasteiger partial charge is 0.324 e. The van der Waals surface area contributed by atoms with Crippen LogP contribution in [0, 0.1) is 0 Å². The number of benzene rings is 1. The zero-order chi connectivity index (χ0) is 12.3. The van der Waals surface area contributed by atoms with Gasteiger partial charge in [-0.05, 0) is 18.2 Å². The first-order chi connectivity index (χ1) is 8.22. The van der Waals surface area contributed by atoms with Crippen molar-refractivity contribution in [2.24, 2.45) is 0 Å². The maximum Gasteiger partial charge on any atom is 0.324 e. The zero-order valence-corrected chi connectivity index (χ0v) is 10.9. The maximum atomic E-state index is 12.0. The van der Waals surface area contributed by atoms with Crippen LogP contribution in [0.25, 0.3) is 0 Å². The molecule has 90 valence electrons. The minimum atomic E-state index is -0.0232. The van der Waals surface area contributed by atoms with Gasteiger partial charge in [0, 0.05) is 36.2 Å². The van der Waals surface area contributed by atoms with Gasteiger partial charge in [-0.25, -0.2) is 4.79 Å². The Morgan fingerprint density at radius 3 is 2.88 bits per heavy atom. The van der Waals surface area contributed by atoms with Crippen molar-refractivity contribution < 1.29 is 9.59 Å². The summed E-state index contributed by atoms with van der Waals surface area (Å²) in [4.78, 5) is 25.8. The van der Waals surface area contributed by atoms with Crippen molar-refractivity contribution in [1.29, 1.82) is 0 Å². The van der Waals surface area contributed by atoms with Crippen LogP contribution in [0.2, 0.25) is 0 Å². The van der Waals surface area contributed by atoms with Crippen molar-refractivity contribution in [2.45, 2.75) is 6.42 Å². The molecule has 1 saturated heterocycles. The lowest BCUT2D eigenvalue weighted by atomic mass is 10.3. The maximum absolute atomic E-state index is 12.0. The van der Waals surface area contributed by atoms with E-state index in [-0.39, 0.29) is 6.03 Å². The Balaban J connectivity index is 2.09. The first-order valence-electron chi connectivity index (χ1n) is 5.48. The molecule has 2 amide bonds. The Hall–Kier alpha value is -1.36. The number of aldehydes is 1. The van der Waals surface area contributed by atoms with E-state index in [4.69, 9.17) is 0 Å². The highest BCUT2D eigenvalue weighted by Gasteiger charge is 2.28. The van der Waals surface area contributed by atoms with Gasteiger partial charge >= 0.3 is 6.03 Å². The number of amides is 2. The van der Waals surface area contributed by atoms with Crippen molar-refractivity contribution in [1.82, 2.24) is 4.90 Å². The Bertz CT molecular complexity index is 436. The SMILES string of the molecule is O=CCCN1CCN(c2cccc(Br)c2)C1=O. The topological polar surface area (TPSA) is 40.6 Å². The van der Waals surface area contributed by atoms with Crippen LogP contribution in [0.3, 0.4) is 0 Å².